The van der Waals surface area contributed by atoms with Gasteiger partial charge >= 0.3 is 0 Å². The Balaban J connectivity index is 1.60. The largest absolute Gasteiger partial charge is 0.261 e. The maximum Gasteiger partial charge on any atom is 0.146 e. The molecule has 0 aliphatic heterocycles. The summed E-state index contributed by atoms with van der Waals surface area (Å²) in [5.41, 5.74) is 5.91. The molecular weight excluding hydrogens is 284 g/mol. The lowest BCUT2D eigenvalue weighted by atomic mass is 10.1. The zero-order valence-electron chi connectivity index (χ0n) is 12.3. The van der Waals surface area contributed by atoms with Crippen molar-refractivity contribution in [1.82, 2.24) is 9.97 Å². The predicted octanol–water partition coefficient (Wildman–Crippen LogP) is 4.23. The molecule has 0 radical (unpaired) electrons. The molecule has 4 heteroatoms. The number of pyridine rings is 2. The quantitative estimate of drug-likeness (QED) is 0.455. The van der Waals surface area contributed by atoms with Crippen molar-refractivity contribution in [1.29, 1.82) is 0 Å². The van der Waals surface area contributed by atoms with Crippen molar-refractivity contribution in [3.63, 3.8) is 0 Å². The van der Waals surface area contributed by atoms with Crippen LogP contribution in [0.4, 0.5) is 5.82 Å². The number of hydrogen-bond donors (Lipinski definition) is 1. The van der Waals surface area contributed by atoms with Crippen LogP contribution in [-0.4, -0.2) is 16.2 Å². The number of fused-ring (bicyclic) bond motifs is 2. The molecule has 0 saturated carbocycles. The van der Waals surface area contributed by atoms with Crippen LogP contribution in [0.3, 0.4) is 0 Å². The Hall–Kier alpha value is -3.27. The fraction of sp³-hybridized carbons (Fsp3) is 0. The number of nitrogens with zero attached hydrogens (tertiary/aromatic N) is 3. The monoisotopic (exact) mass is 298 g/mol. The molecule has 110 valence electrons. The van der Waals surface area contributed by atoms with Gasteiger partial charge in [-0.3, -0.25) is 10.4 Å². The summed E-state index contributed by atoms with van der Waals surface area (Å²) in [5, 5.41) is 6.49. The van der Waals surface area contributed by atoms with E-state index in [0.29, 0.717) is 0 Å². The third kappa shape index (κ3) is 2.74. The first kappa shape index (κ1) is 13.4. The van der Waals surface area contributed by atoms with Crippen LogP contribution in [-0.2, 0) is 0 Å². The number of benzene rings is 2. The van der Waals surface area contributed by atoms with Gasteiger partial charge in [0.05, 0.1) is 17.2 Å². The van der Waals surface area contributed by atoms with Crippen molar-refractivity contribution in [2.45, 2.75) is 0 Å². The van der Waals surface area contributed by atoms with Gasteiger partial charge in [-0.05, 0) is 30.3 Å². The molecule has 1 N–H and O–H groups in total. The third-order valence-electron chi connectivity index (χ3n) is 3.66. The average molecular weight is 298 g/mol. The fourth-order valence-corrected chi connectivity index (χ4v) is 2.53. The molecular formula is C19H14N4. The molecule has 23 heavy (non-hydrogen) atoms. The van der Waals surface area contributed by atoms with Crippen LogP contribution in [0.2, 0.25) is 0 Å². The summed E-state index contributed by atoms with van der Waals surface area (Å²) in [7, 11) is 0. The van der Waals surface area contributed by atoms with Gasteiger partial charge in [-0.2, -0.15) is 5.10 Å². The van der Waals surface area contributed by atoms with Crippen molar-refractivity contribution in [3.8, 4) is 0 Å². The molecule has 0 aliphatic rings. The van der Waals surface area contributed by atoms with E-state index in [1.807, 2.05) is 66.7 Å². The lowest BCUT2D eigenvalue weighted by Gasteiger charge is -2.03. The minimum atomic E-state index is 0.721. The van der Waals surface area contributed by atoms with Crippen LogP contribution in [0.25, 0.3) is 21.8 Å². The molecule has 0 fully saturated rings. The maximum atomic E-state index is 4.53. The maximum absolute atomic E-state index is 4.53. The SMILES string of the molecule is C(=NNc1ccc2ccccc2n1)c1ccnc2ccccc12. The van der Waals surface area contributed by atoms with Gasteiger partial charge in [-0.25, -0.2) is 4.98 Å². The van der Waals surface area contributed by atoms with Gasteiger partial charge in [0.25, 0.3) is 0 Å². The lowest BCUT2D eigenvalue weighted by Crippen LogP contribution is -1.94. The molecule has 4 rings (SSSR count). The van der Waals surface area contributed by atoms with Gasteiger partial charge in [-0.15, -0.1) is 0 Å². The predicted molar refractivity (Wildman–Crippen MR) is 94.7 cm³/mol. The topological polar surface area (TPSA) is 50.2 Å². The number of aromatic nitrogens is 2. The summed E-state index contributed by atoms with van der Waals surface area (Å²) in [6, 6.07) is 21.9. The van der Waals surface area contributed by atoms with Crippen molar-refractivity contribution >= 4 is 33.8 Å². The number of anilines is 1. The molecule has 2 aromatic carbocycles. The second-order valence-electron chi connectivity index (χ2n) is 5.18. The zero-order chi connectivity index (χ0) is 15.5. The van der Waals surface area contributed by atoms with Gasteiger partial charge in [0.15, 0.2) is 0 Å². The molecule has 2 aromatic heterocycles. The van der Waals surface area contributed by atoms with E-state index in [2.05, 4.69) is 20.5 Å². The second kappa shape index (κ2) is 5.85. The van der Waals surface area contributed by atoms with E-state index < -0.39 is 0 Å². The van der Waals surface area contributed by atoms with Crippen LogP contribution in [0.5, 0.6) is 0 Å². The van der Waals surface area contributed by atoms with E-state index >= 15 is 0 Å². The first-order valence-corrected chi connectivity index (χ1v) is 7.39. The summed E-state index contributed by atoms with van der Waals surface area (Å²) in [6.07, 6.45) is 3.58. The van der Waals surface area contributed by atoms with Gasteiger partial charge in [0.1, 0.15) is 5.82 Å². The van der Waals surface area contributed by atoms with Crippen LogP contribution in [0.1, 0.15) is 5.56 Å². The number of hydrazone groups is 1. The van der Waals surface area contributed by atoms with Crippen LogP contribution in [0.15, 0.2) is 78.0 Å². The summed E-state index contributed by atoms with van der Waals surface area (Å²) < 4.78 is 0. The van der Waals surface area contributed by atoms with Crippen LogP contribution < -0.4 is 5.43 Å². The van der Waals surface area contributed by atoms with E-state index in [0.717, 1.165) is 33.2 Å². The Morgan fingerprint density at radius 1 is 0.826 bits per heavy atom. The molecule has 0 bridgehead atoms. The average Bonchev–Trinajstić information content (AvgIpc) is 2.62. The standard InChI is InChI=1S/C19H14N4/c1-3-7-17-14(5-1)9-10-19(22-17)23-21-13-15-11-12-20-18-8-4-2-6-16(15)18/h1-13H,(H,22,23). The minimum absolute atomic E-state index is 0.721. The van der Waals surface area contributed by atoms with Gasteiger partial charge < -0.3 is 0 Å². The second-order valence-corrected chi connectivity index (χ2v) is 5.18. The molecule has 4 nitrogen and oxygen atoms in total. The van der Waals surface area contributed by atoms with Crippen molar-refractivity contribution < 1.29 is 0 Å². The highest BCUT2D eigenvalue weighted by Gasteiger charge is 1.99. The van der Waals surface area contributed by atoms with Gasteiger partial charge in [0, 0.05) is 22.5 Å². The zero-order valence-corrected chi connectivity index (χ0v) is 12.3. The minimum Gasteiger partial charge on any atom is -0.261 e. The summed E-state index contributed by atoms with van der Waals surface area (Å²) in [5.74, 6) is 0.721. The number of hydrogen-bond acceptors (Lipinski definition) is 4. The first-order chi connectivity index (χ1) is 11.4. The van der Waals surface area contributed by atoms with Crippen LogP contribution in [0, 0.1) is 0 Å². The molecule has 0 aliphatic carbocycles. The molecule has 0 spiro atoms. The Labute approximate surface area is 133 Å². The number of para-hydroxylation sites is 2. The molecule has 0 unspecified atom stereocenters. The Bertz CT molecular complexity index is 1000. The summed E-state index contributed by atoms with van der Waals surface area (Å²) in [4.78, 5) is 8.88. The number of rotatable bonds is 3. The third-order valence-corrected chi connectivity index (χ3v) is 3.66. The van der Waals surface area contributed by atoms with E-state index in [1.165, 1.54) is 0 Å². The molecule has 2 heterocycles. The van der Waals surface area contributed by atoms with Crippen LogP contribution >= 0.6 is 0 Å². The number of nitrogens with one attached hydrogen (secondary N) is 1. The van der Waals surface area contributed by atoms with Gasteiger partial charge in [-0.1, -0.05) is 36.4 Å². The lowest BCUT2D eigenvalue weighted by molar-refractivity contribution is 1.26. The summed E-state index contributed by atoms with van der Waals surface area (Å²) in [6.45, 7) is 0. The van der Waals surface area contributed by atoms with E-state index in [9.17, 15) is 0 Å². The van der Waals surface area contributed by atoms with E-state index in [-0.39, 0.29) is 0 Å². The molecule has 0 amide bonds. The molecule has 0 atom stereocenters. The molecule has 0 saturated heterocycles. The van der Waals surface area contributed by atoms with Crippen molar-refractivity contribution in [3.05, 3.63) is 78.5 Å². The summed E-state index contributed by atoms with van der Waals surface area (Å²) >= 11 is 0. The fourth-order valence-electron chi connectivity index (χ4n) is 2.53. The first-order valence-electron chi connectivity index (χ1n) is 7.39. The normalized spacial score (nSPS) is 11.3. The Morgan fingerprint density at radius 2 is 1.65 bits per heavy atom. The van der Waals surface area contributed by atoms with Crippen molar-refractivity contribution in [2.75, 3.05) is 5.43 Å². The Kier molecular flexibility index (Phi) is 3.41. The molecule has 4 aromatic rings. The highest BCUT2D eigenvalue weighted by molar-refractivity contribution is 5.98. The Morgan fingerprint density at radius 3 is 2.61 bits per heavy atom. The van der Waals surface area contributed by atoms with E-state index in [4.69, 9.17) is 0 Å². The van der Waals surface area contributed by atoms with E-state index in [1.54, 1.807) is 12.4 Å². The highest BCUT2D eigenvalue weighted by Crippen LogP contribution is 2.16. The van der Waals surface area contributed by atoms with Crippen molar-refractivity contribution in [2.24, 2.45) is 5.10 Å². The smallest absolute Gasteiger partial charge is 0.146 e. The van der Waals surface area contributed by atoms with Gasteiger partial charge in [0.2, 0.25) is 0 Å². The highest BCUT2D eigenvalue weighted by atomic mass is 15.3.